The van der Waals surface area contributed by atoms with E-state index in [9.17, 15) is 8.42 Å². The lowest BCUT2D eigenvalue weighted by atomic mass is 9.74. The molecule has 0 radical (unpaired) electrons. The monoisotopic (exact) mass is 287 g/mol. The first-order chi connectivity index (χ1) is 9.02. The van der Waals surface area contributed by atoms with Gasteiger partial charge in [0.05, 0.1) is 5.25 Å². The number of rotatable bonds is 3. The van der Waals surface area contributed by atoms with Gasteiger partial charge in [0, 0.05) is 12.3 Å². The Morgan fingerprint density at radius 1 is 0.947 bits per heavy atom. The molecule has 2 aliphatic rings. The van der Waals surface area contributed by atoms with Crippen molar-refractivity contribution in [3.05, 3.63) is 0 Å². The number of hydrogen-bond donors (Lipinski definition) is 1. The average Bonchev–Trinajstić information content (AvgIpc) is 2.62. The van der Waals surface area contributed by atoms with Crippen LogP contribution in [0.1, 0.15) is 57.8 Å². The highest BCUT2D eigenvalue weighted by molar-refractivity contribution is 7.91. The van der Waals surface area contributed by atoms with Crippen LogP contribution in [0, 0.1) is 11.8 Å². The molecule has 4 unspecified atom stereocenters. The number of sulfone groups is 1. The van der Waals surface area contributed by atoms with Crippen molar-refractivity contribution in [2.24, 2.45) is 11.8 Å². The minimum Gasteiger partial charge on any atom is -0.317 e. The SMILES string of the molecule is CNC1CCCCCC1C1CCCC(S(C)(=O)=O)C1. The van der Waals surface area contributed by atoms with Gasteiger partial charge < -0.3 is 5.32 Å². The van der Waals surface area contributed by atoms with E-state index in [4.69, 9.17) is 0 Å². The van der Waals surface area contributed by atoms with Crippen molar-refractivity contribution in [2.45, 2.75) is 69.1 Å². The first kappa shape index (κ1) is 15.3. The summed E-state index contributed by atoms with van der Waals surface area (Å²) in [6, 6.07) is 0.603. The predicted octanol–water partition coefficient (Wildman–Crippen LogP) is 2.76. The standard InChI is InChI=1S/C15H29NO2S/c1-16-15-10-5-3-4-9-14(15)12-7-6-8-13(11-12)19(2,17)18/h12-16H,3-11H2,1-2H3. The Labute approximate surface area is 118 Å². The van der Waals surface area contributed by atoms with Gasteiger partial charge in [-0.1, -0.05) is 32.1 Å². The molecule has 0 bridgehead atoms. The molecule has 19 heavy (non-hydrogen) atoms. The van der Waals surface area contributed by atoms with E-state index in [1.165, 1.54) is 44.8 Å². The maximum absolute atomic E-state index is 11.8. The summed E-state index contributed by atoms with van der Waals surface area (Å²) in [5.41, 5.74) is 0. The van der Waals surface area contributed by atoms with Crippen LogP contribution in [0.15, 0.2) is 0 Å². The van der Waals surface area contributed by atoms with Crippen LogP contribution in [0.4, 0.5) is 0 Å². The van der Waals surface area contributed by atoms with E-state index in [1.54, 1.807) is 0 Å². The van der Waals surface area contributed by atoms with E-state index in [0.29, 0.717) is 17.9 Å². The molecule has 0 saturated heterocycles. The summed E-state index contributed by atoms with van der Waals surface area (Å²) in [6.07, 6.45) is 12.1. The molecule has 0 heterocycles. The highest BCUT2D eigenvalue weighted by Gasteiger charge is 2.36. The van der Waals surface area contributed by atoms with Crippen molar-refractivity contribution in [1.82, 2.24) is 5.32 Å². The molecule has 3 nitrogen and oxygen atoms in total. The van der Waals surface area contributed by atoms with Crippen LogP contribution in [0.2, 0.25) is 0 Å². The maximum atomic E-state index is 11.8. The highest BCUT2D eigenvalue weighted by atomic mass is 32.2. The van der Waals surface area contributed by atoms with Crippen molar-refractivity contribution < 1.29 is 8.42 Å². The molecule has 0 aromatic carbocycles. The predicted molar refractivity (Wildman–Crippen MR) is 80.0 cm³/mol. The van der Waals surface area contributed by atoms with E-state index < -0.39 is 9.84 Å². The molecule has 0 aromatic rings. The first-order valence-corrected chi connectivity index (χ1v) is 9.84. The van der Waals surface area contributed by atoms with Gasteiger partial charge in [-0.25, -0.2) is 8.42 Å². The van der Waals surface area contributed by atoms with Crippen molar-refractivity contribution in [2.75, 3.05) is 13.3 Å². The molecular formula is C15H29NO2S. The molecule has 0 aliphatic heterocycles. The Bertz CT molecular complexity index is 380. The summed E-state index contributed by atoms with van der Waals surface area (Å²) >= 11 is 0. The molecule has 4 atom stereocenters. The van der Waals surface area contributed by atoms with Gasteiger partial charge in [0.2, 0.25) is 0 Å². The van der Waals surface area contributed by atoms with Crippen molar-refractivity contribution >= 4 is 9.84 Å². The van der Waals surface area contributed by atoms with E-state index in [2.05, 4.69) is 12.4 Å². The largest absolute Gasteiger partial charge is 0.317 e. The van der Waals surface area contributed by atoms with E-state index in [0.717, 1.165) is 19.3 Å². The second-order valence-electron chi connectivity index (χ2n) is 6.58. The van der Waals surface area contributed by atoms with Gasteiger partial charge >= 0.3 is 0 Å². The zero-order valence-corrected chi connectivity index (χ0v) is 13.2. The van der Waals surface area contributed by atoms with E-state index in [-0.39, 0.29) is 5.25 Å². The summed E-state index contributed by atoms with van der Waals surface area (Å²) in [7, 11) is -0.782. The minimum absolute atomic E-state index is 0.0768. The van der Waals surface area contributed by atoms with Crippen LogP contribution in [-0.2, 0) is 9.84 Å². The normalized spacial score (nSPS) is 37.8. The Hall–Kier alpha value is -0.0900. The fourth-order valence-corrected chi connectivity index (χ4v) is 5.41. The molecule has 2 fully saturated rings. The maximum Gasteiger partial charge on any atom is 0.150 e. The third-order valence-corrected chi connectivity index (χ3v) is 6.96. The molecule has 0 aromatic heterocycles. The second-order valence-corrected chi connectivity index (χ2v) is 8.90. The molecule has 0 spiro atoms. The average molecular weight is 287 g/mol. The van der Waals surface area contributed by atoms with E-state index in [1.807, 2.05) is 0 Å². The van der Waals surface area contributed by atoms with Crippen LogP contribution >= 0.6 is 0 Å². The van der Waals surface area contributed by atoms with Crippen LogP contribution < -0.4 is 5.32 Å². The highest BCUT2D eigenvalue weighted by Crippen LogP contribution is 2.39. The summed E-state index contributed by atoms with van der Waals surface area (Å²) in [5.74, 6) is 1.31. The summed E-state index contributed by atoms with van der Waals surface area (Å²) in [6.45, 7) is 0. The van der Waals surface area contributed by atoms with E-state index >= 15 is 0 Å². The zero-order chi connectivity index (χ0) is 13.9. The van der Waals surface area contributed by atoms with Crippen molar-refractivity contribution in [1.29, 1.82) is 0 Å². The third-order valence-electron chi connectivity index (χ3n) is 5.32. The molecule has 112 valence electrons. The molecule has 1 N–H and O–H groups in total. The van der Waals surface area contributed by atoms with Gasteiger partial charge in [-0.3, -0.25) is 0 Å². The zero-order valence-electron chi connectivity index (χ0n) is 12.4. The van der Waals surface area contributed by atoms with Gasteiger partial charge in [-0.15, -0.1) is 0 Å². The Kier molecular flexibility index (Phi) is 5.29. The third kappa shape index (κ3) is 3.94. The van der Waals surface area contributed by atoms with Crippen molar-refractivity contribution in [3.63, 3.8) is 0 Å². The molecule has 4 heteroatoms. The summed E-state index contributed by atoms with van der Waals surface area (Å²) < 4.78 is 23.6. The van der Waals surface area contributed by atoms with Gasteiger partial charge in [-0.2, -0.15) is 0 Å². The van der Waals surface area contributed by atoms with Gasteiger partial charge in [0.1, 0.15) is 9.84 Å². The summed E-state index contributed by atoms with van der Waals surface area (Å²) in [4.78, 5) is 0. The minimum atomic E-state index is -2.85. The molecule has 0 amide bonds. The van der Waals surface area contributed by atoms with Crippen LogP contribution in [0.3, 0.4) is 0 Å². The number of hydrogen-bond acceptors (Lipinski definition) is 3. The number of nitrogens with one attached hydrogen (secondary N) is 1. The molecule has 2 saturated carbocycles. The Morgan fingerprint density at radius 3 is 2.37 bits per heavy atom. The molecular weight excluding hydrogens is 258 g/mol. The van der Waals surface area contributed by atoms with Crippen LogP contribution in [0.25, 0.3) is 0 Å². The fourth-order valence-electron chi connectivity index (χ4n) is 4.22. The van der Waals surface area contributed by atoms with Crippen LogP contribution in [-0.4, -0.2) is 33.0 Å². The lowest BCUT2D eigenvalue weighted by Crippen LogP contribution is -2.40. The molecule has 2 aliphatic carbocycles. The van der Waals surface area contributed by atoms with Gasteiger partial charge in [-0.05, 0) is 44.6 Å². The topological polar surface area (TPSA) is 46.2 Å². The Balaban J connectivity index is 2.06. The van der Waals surface area contributed by atoms with Crippen molar-refractivity contribution in [3.8, 4) is 0 Å². The molecule has 2 rings (SSSR count). The smallest absolute Gasteiger partial charge is 0.150 e. The lowest BCUT2D eigenvalue weighted by Gasteiger charge is -2.37. The Morgan fingerprint density at radius 2 is 1.68 bits per heavy atom. The fraction of sp³-hybridized carbons (Fsp3) is 1.00. The first-order valence-electron chi connectivity index (χ1n) is 7.88. The second kappa shape index (κ2) is 6.57. The van der Waals surface area contributed by atoms with Gasteiger partial charge in [0.15, 0.2) is 0 Å². The quantitative estimate of drug-likeness (QED) is 0.812. The van der Waals surface area contributed by atoms with Crippen LogP contribution in [0.5, 0.6) is 0 Å². The summed E-state index contributed by atoms with van der Waals surface area (Å²) in [5, 5.41) is 3.42. The van der Waals surface area contributed by atoms with Gasteiger partial charge in [0.25, 0.3) is 0 Å². The lowest BCUT2D eigenvalue weighted by molar-refractivity contribution is 0.191.